The Bertz CT molecular complexity index is 1880. The first-order chi connectivity index (χ1) is 19.9. The van der Waals surface area contributed by atoms with E-state index in [1.807, 2.05) is 4.72 Å². The summed E-state index contributed by atoms with van der Waals surface area (Å²) in [4.78, 5) is 30.9. The van der Waals surface area contributed by atoms with Crippen molar-refractivity contribution in [1.82, 2.24) is 19.0 Å². The molecule has 42 heavy (non-hydrogen) atoms. The van der Waals surface area contributed by atoms with Gasteiger partial charge in [-0.25, -0.2) is 30.8 Å². The number of sulfonamides is 2. The molecule has 3 N–H and O–H groups in total. The molecule has 2 aromatic heterocycles. The number of H-pyrrole nitrogens is 1. The minimum atomic E-state index is -4.53. The highest BCUT2D eigenvalue weighted by molar-refractivity contribution is 7.90. The first-order valence-corrected chi connectivity index (χ1v) is 16.0. The highest BCUT2D eigenvalue weighted by atomic mass is 32.2. The van der Waals surface area contributed by atoms with Crippen LogP contribution in [0.4, 0.5) is 11.4 Å². The van der Waals surface area contributed by atoms with Crippen molar-refractivity contribution >= 4 is 48.4 Å². The number of anilines is 1. The molecule has 4 aromatic rings. The second-order valence-corrected chi connectivity index (χ2v) is 13.3. The van der Waals surface area contributed by atoms with E-state index >= 15 is 0 Å². The van der Waals surface area contributed by atoms with E-state index in [0.29, 0.717) is 24.2 Å². The van der Waals surface area contributed by atoms with E-state index < -0.39 is 41.5 Å². The number of benzene rings is 2. The zero-order valence-electron chi connectivity index (χ0n) is 22.2. The quantitative estimate of drug-likeness (QED) is 0.186. The Kier molecular flexibility index (Phi) is 7.85. The highest BCUT2D eigenvalue weighted by Crippen LogP contribution is 2.31. The molecule has 1 saturated heterocycles. The lowest BCUT2D eigenvalue weighted by Gasteiger charge is -2.31. The summed E-state index contributed by atoms with van der Waals surface area (Å²) in [6.07, 6.45) is 5.11. The fraction of sp³-hybridized carbons (Fsp3) is 0.231. The van der Waals surface area contributed by atoms with Gasteiger partial charge in [-0.2, -0.15) is 0 Å². The number of piperidine rings is 1. The van der Waals surface area contributed by atoms with E-state index in [-0.39, 0.29) is 36.1 Å². The summed E-state index contributed by atoms with van der Waals surface area (Å²) in [7, 11) is -7.86. The van der Waals surface area contributed by atoms with Gasteiger partial charge in [-0.3, -0.25) is 14.9 Å². The third-order valence-electron chi connectivity index (χ3n) is 6.72. The number of amides is 1. The van der Waals surface area contributed by atoms with Crippen molar-refractivity contribution in [3.05, 3.63) is 82.7 Å². The minimum Gasteiger partial charge on any atom is -0.455 e. The summed E-state index contributed by atoms with van der Waals surface area (Å²) in [6, 6.07) is 12.5. The fourth-order valence-electron chi connectivity index (χ4n) is 4.58. The Balaban J connectivity index is 1.32. The maximum absolute atomic E-state index is 13.1. The number of carbonyl (C=O) groups is 1. The molecule has 1 aliphatic rings. The molecule has 0 atom stereocenters. The summed E-state index contributed by atoms with van der Waals surface area (Å²) in [5.41, 5.74) is 0.137. The number of para-hydroxylation sites is 1. The van der Waals surface area contributed by atoms with E-state index in [9.17, 15) is 31.7 Å². The smallest absolute Gasteiger partial charge is 0.293 e. The molecule has 14 nitrogen and oxygen atoms in total. The van der Waals surface area contributed by atoms with Crippen LogP contribution >= 0.6 is 0 Å². The van der Waals surface area contributed by atoms with Gasteiger partial charge in [0.15, 0.2) is 0 Å². The second kappa shape index (κ2) is 11.4. The number of carbonyl (C=O) groups excluding carboxylic acids is 1. The number of hydrogen-bond donors (Lipinski definition) is 3. The van der Waals surface area contributed by atoms with Crippen molar-refractivity contribution < 1.29 is 31.3 Å². The summed E-state index contributed by atoms with van der Waals surface area (Å²) >= 11 is 0. The van der Waals surface area contributed by atoms with Gasteiger partial charge < -0.3 is 15.0 Å². The zero-order chi connectivity index (χ0) is 30.1. The Morgan fingerprint density at radius 2 is 1.83 bits per heavy atom. The highest BCUT2D eigenvalue weighted by Gasteiger charge is 2.28. The van der Waals surface area contributed by atoms with Crippen LogP contribution in [-0.2, 0) is 20.0 Å². The summed E-state index contributed by atoms with van der Waals surface area (Å²) in [6.45, 7) is 0.510. The predicted octanol–water partition coefficient (Wildman–Crippen LogP) is 3.22. The lowest BCUT2D eigenvalue weighted by atomic mass is 10.1. The van der Waals surface area contributed by atoms with Crippen LogP contribution in [0.2, 0.25) is 0 Å². The number of rotatable bonds is 9. The molecule has 0 aliphatic carbocycles. The first kappa shape index (κ1) is 29.0. The lowest BCUT2D eigenvalue weighted by Crippen LogP contribution is -2.41. The number of nitro groups is 1. The van der Waals surface area contributed by atoms with Crippen molar-refractivity contribution in [2.24, 2.45) is 0 Å². The minimum absolute atomic E-state index is 0.0781. The van der Waals surface area contributed by atoms with E-state index in [1.165, 1.54) is 34.8 Å². The second-order valence-electron chi connectivity index (χ2n) is 9.64. The van der Waals surface area contributed by atoms with Crippen molar-refractivity contribution in [3.8, 4) is 11.5 Å². The average Bonchev–Trinajstić information content (AvgIpc) is 3.41. The molecule has 5 rings (SSSR count). The van der Waals surface area contributed by atoms with Crippen LogP contribution in [0.25, 0.3) is 11.0 Å². The van der Waals surface area contributed by atoms with Crippen molar-refractivity contribution in [2.45, 2.75) is 23.8 Å². The third-order valence-corrected chi connectivity index (χ3v) is 9.35. The third kappa shape index (κ3) is 6.35. The number of nitro benzene ring substituents is 1. The zero-order valence-corrected chi connectivity index (χ0v) is 23.8. The summed E-state index contributed by atoms with van der Waals surface area (Å²) in [5, 5.41) is 15.6. The van der Waals surface area contributed by atoms with Gasteiger partial charge in [0.1, 0.15) is 22.8 Å². The number of pyridine rings is 1. The molecule has 0 bridgehead atoms. The van der Waals surface area contributed by atoms with Crippen molar-refractivity contribution in [3.63, 3.8) is 0 Å². The topological polar surface area (TPSA) is 194 Å². The Morgan fingerprint density at radius 1 is 1.10 bits per heavy atom. The normalized spacial score (nSPS) is 14.9. The Labute approximate surface area is 241 Å². The number of aromatic amines is 1. The molecule has 0 unspecified atom stereocenters. The van der Waals surface area contributed by atoms with Crippen LogP contribution in [0.3, 0.4) is 0 Å². The van der Waals surface area contributed by atoms with Gasteiger partial charge in [0, 0.05) is 36.8 Å². The van der Waals surface area contributed by atoms with Gasteiger partial charge in [0.2, 0.25) is 10.0 Å². The van der Waals surface area contributed by atoms with Crippen LogP contribution in [0, 0.1) is 10.1 Å². The number of fused-ring (bicyclic) bond motifs is 1. The molecule has 1 fully saturated rings. The average molecular weight is 615 g/mol. The van der Waals surface area contributed by atoms with Crippen molar-refractivity contribution in [2.75, 3.05) is 24.7 Å². The first-order valence-electron chi connectivity index (χ1n) is 12.7. The van der Waals surface area contributed by atoms with Crippen LogP contribution in [-0.4, -0.2) is 67.3 Å². The number of aromatic nitrogens is 2. The van der Waals surface area contributed by atoms with Crippen LogP contribution in [0.5, 0.6) is 11.5 Å². The molecule has 0 saturated carbocycles. The summed E-state index contributed by atoms with van der Waals surface area (Å²) in [5.74, 6) is -0.593. The maximum Gasteiger partial charge on any atom is 0.293 e. The van der Waals surface area contributed by atoms with E-state index in [2.05, 4.69) is 15.3 Å². The molecule has 0 spiro atoms. The SMILES string of the molecule is CS(=O)(=O)N1CCC(Nc2ccc(S(=O)(=O)NC(=O)c3ccccc3Oc3cnc4[nH]ccc4c3)cc2[N+](=O)[O-])CC1. The Morgan fingerprint density at radius 3 is 2.55 bits per heavy atom. The molecular weight excluding hydrogens is 588 g/mol. The molecular formula is C26H26N6O8S2. The van der Waals surface area contributed by atoms with Crippen LogP contribution in [0.15, 0.2) is 71.9 Å². The fourth-order valence-corrected chi connectivity index (χ4v) is 6.44. The van der Waals surface area contributed by atoms with Gasteiger partial charge in [-0.15, -0.1) is 0 Å². The van der Waals surface area contributed by atoms with Crippen LogP contribution in [0.1, 0.15) is 23.2 Å². The van der Waals surface area contributed by atoms with E-state index in [1.54, 1.807) is 24.4 Å². The number of nitrogens with zero attached hydrogens (tertiary/aromatic N) is 3. The largest absolute Gasteiger partial charge is 0.455 e. The van der Waals surface area contributed by atoms with E-state index in [4.69, 9.17) is 4.74 Å². The van der Waals surface area contributed by atoms with E-state index in [0.717, 1.165) is 23.8 Å². The molecule has 2 aromatic carbocycles. The molecule has 1 aliphatic heterocycles. The monoisotopic (exact) mass is 614 g/mol. The summed E-state index contributed by atoms with van der Waals surface area (Å²) < 4.78 is 58.8. The van der Waals surface area contributed by atoms with Crippen LogP contribution < -0.4 is 14.8 Å². The Hall–Kier alpha value is -4.54. The molecule has 3 heterocycles. The van der Waals surface area contributed by atoms with Gasteiger partial charge in [0.05, 0.1) is 27.8 Å². The van der Waals surface area contributed by atoms with Gasteiger partial charge in [-0.1, -0.05) is 12.1 Å². The standard InChI is InChI=1S/C26H26N6O8S2/c1-41(36,37)31-12-9-18(10-13-31)29-22-7-6-20(15-23(22)32(34)35)42(38,39)30-26(33)21-4-2-3-5-24(21)40-19-14-17-8-11-27-25(17)28-16-19/h2-8,11,14-16,18,29H,9-10,12-13H2,1H3,(H,27,28)(H,30,33). The van der Waals surface area contributed by atoms with Crippen molar-refractivity contribution in [1.29, 1.82) is 0 Å². The number of ether oxygens (including phenoxy) is 1. The lowest BCUT2D eigenvalue weighted by molar-refractivity contribution is -0.384. The molecule has 1 amide bonds. The molecule has 0 radical (unpaired) electrons. The van der Waals surface area contributed by atoms with Gasteiger partial charge in [-0.05, 0) is 49.2 Å². The van der Waals surface area contributed by atoms with Gasteiger partial charge >= 0.3 is 0 Å². The number of nitrogens with one attached hydrogen (secondary N) is 3. The van der Waals surface area contributed by atoms with Gasteiger partial charge in [0.25, 0.3) is 21.6 Å². The molecule has 16 heteroatoms. The number of hydrogen-bond acceptors (Lipinski definition) is 10. The predicted molar refractivity (Wildman–Crippen MR) is 153 cm³/mol. The maximum atomic E-state index is 13.1. The molecule has 220 valence electrons.